The Balaban J connectivity index is 1.80. The Labute approximate surface area is 123 Å². The van der Waals surface area contributed by atoms with Crippen molar-refractivity contribution in [2.24, 2.45) is 5.92 Å². The van der Waals surface area contributed by atoms with Crippen molar-refractivity contribution in [3.05, 3.63) is 16.1 Å². The molecule has 2 unspecified atom stereocenters. The largest absolute Gasteiger partial charge is 0.396 e. The number of aliphatic hydroxyl groups excluding tert-OH is 1. The second kappa shape index (κ2) is 7.59. The molecule has 0 spiro atoms. The van der Waals surface area contributed by atoms with Gasteiger partial charge < -0.3 is 15.7 Å². The molecular weight excluding hydrogens is 274 g/mol. The average Bonchev–Trinajstić information content (AvgIpc) is 2.72. The number of hydrogen-bond acceptors (Lipinski definition) is 4. The predicted molar refractivity (Wildman–Crippen MR) is 79.7 cm³/mol. The summed E-state index contributed by atoms with van der Waals surface area (Å²) >= 11 is 1.59. The molecular formula is C14H23N3O2S. The van der Waals surface area contributed by atoms with Crippen LogP contribution in [-0.4, -0.2) is 28.8 Å². The first-order valence-corrected chi connectivity index (χ1v) is 8.07. The number of aryl methyl sites for hydroxylation is 1. The van der Waals surface area contributed by atoms with Gasteiger partial charge in [-0.3, -0.25) is 0 Å². The fraction of sp³-hybridized carbons (Fsp3) is 0.714. The number of nitrogens with one attached hydrogen (secondary N) is 2. The molecule has 0 aromatic carbocycles. The Morgan fingerprint density at radius 3 is 2.95 bits per heavy atom. The molecule has 1 saturated carbocycles. The van der Waals surface area contributed by atoms with Crippen LogP contribution in [0, 0.1) is 12.8 Å². The van der Waals surface area contributed by atoms with Crippen molar-refractivity contribution in [1.29, 1.82) is 0 Å². The van der Waals surface area contributed by atoms with Gasteiger partial charge in [-0.05, 0) is 19.8 Å². The molecule has 1 fully saturated rings. The zero-order chi connectivity index (χ0) is 14.4. The SMILES string of the molecule is Cc1ncc(CNC(=O)NC2CCCCCC2CO)s1. The van der Waals surface area contributed by atoms with Gasteiger partial charge in [0.05, 0.1) is 11.6 Å². The molecule has 1 aliphatic carbocycles. The van der Waals surface area contributed by atoms with Gasteiger partial charge in [0.1, 0.15) is 0 Å². The third-order valence-corrected chi connectivity index (χ3v) is 4.72. The zero-order valence-electron chi connectivity index (χ0n) is 11.9. The van der Waals surface area contributed by atoms with Crippen LogP contribution in [0.3, 0.4) is 0 Å². The number of urea groups is 1. The molecule has 1 heterocycles. The number of thiazole rings is 1. The molecule has 0 radical (unpaired) electrons. The van der Waals surface area contributed by atoms with Crippen LogP contribution in [0.15, 0.2) is 6.20 Å². The first-order chi connectivity index (χ1) is 9.69. The smallest absolute Gasteiger partial charge is 0.315 e. The molecule has 2 rings (SSSR count). The van der Waals surface area contributed by atoms with Gasteiger partial charge >= 0.3 is 6.03 Å². The number of rotatable bonds is 4. The lowest BCUT2D eigenvalue weighted by Crippen LogP contribution is -2.45. The highest BCUT2D eigenvalue weighted by molar-refractivity contribution is 7.11. The highest BCUT2D eigenvalue weighted by Crippen LogP contribution is 2.23. The maximum absolute atomic E-state index is 11.9. The summed E-state index contributed by atoms with van der Waals surface area (Å²) < 4.78 is 0. The third-order valence-electron chi connectivity index (χ3n) is 3.80. The fourth-order valence-corrected chi connectivity index (χ4v) is 3.40. The average molecular weight is 297 g/mol. The van der Waals surface area contributed by atoms with Crippen molar-refractivity contribution in [2.75, 3.05) is 6.61 Å². The molecule has 3 N–H and O–H groups in total. The van der Waals surface area contributed by atoms with Gasteiger partial charge in [-0.1, -0.05) is 19.3 Å². The van der Waals surface area contributed by atoms with E-state index in [1.54, 1.807) is 17.5 Å². The Kier molecular flexibility index (Phi) is 5.79. The van der Waals surface area contributed by atoms with Gasteiger partial charge in [-0.2, -0.15) is 0 Å². The fourth-order valence-electron chi connectivity index (χ4n) is 2.67. The topological polar surface area (TPSA) is 74.2 Å². The van der Waals surface area contributed by atoms with E-state index in [-0.39, 0.29) is 24.6 Å². The molecule has 20 heavy (non-hydrogen) atoms. The number of aliphatic hydroxyl groups is 1. The lowest BCUT2D eigenvalue weighted by Gasteiger charge is -2.24. The number of carbonyl (C=O) groups excluding carboxylic acids is 1. The van der Waals surface area contributed by atoms with Crippen LogP contribution >= 0.6 is 11.3 Å². The monoisotopic (exact) mass is 297 g/mol. The summed E-state index contributed by atoms with van der Waals surface area (Å²) in [7, 11) is 0. The van der Waals surface area contributed by atoms with Crippen molar-refractivity contribution < 1.29 is 9.90 Å². The highest BCUT2D eigenvalue weighted by Gasteiger charge is 2.24. The Morgan fingerprint density at radius 1 is 1.45 bits per heavy atom. The van der Waals surface area contributed by atoms with E-state index in [4.69, 9.17) is 0 Å². The number of hydrogen-bond donors (Lipinski definition) is 3. The first-order valence-electron chi connectivity index (χ1n) is 7.25. The van der Waals surface area contributed by atoms with E-state index in [1.807, 2.05) is 6.92 Å². The summed E-state index contributed by atoms with van der Waals surface area (Å²) in [5.74, 6) is 0.189. The molecule has 112 valence electrons. The van der Waals surface area contributed by atoms with Crippen molar-refractivity contribution in [2.45, 2.75) is 51.6 Å². The van der Waals surface area contributed by atoms with Crippen LogP contribution in [0.25, 0.3) is 0 Å². The normalized spacial score (nSPS) is 23.1. The Morgan fingerprint density at radius 2 is 2.25 bits per heavy atom. The minimum absolute atomic E-state index is 0.0886. The molecule has 1 aromatic heterocycles. The van der Waals surface area contributed by atoms with E-state index in [2.05, 4.69) is 15.6 Å². The molecule has 0 saturated heterocycles. The van der Waals surface area contributed by atoms with Crippen LogP contribution in [0.4, 0.5) is 4.79 Å². The number of nitrogens with zero attached hydrogens (tertiary/aromatic N) is 1. The summed E-state index contributed by atoms with van der Waals surface area (Å²) in [5.41, 5.74) is 0. The van der Waals surface area contributed by atoms with Crippen molar-refractivity contribution in [1.82, 2.24) is 15.6 Å². The van der Waals surface area contributed by atoms with Gasteiger partial charge in [0.15, 0.2) is 0 Å². The summed E-state index contributed by atoms with van der Waals surface area (Å²) in [6, 6.07) is -0.0629. The van der Waals surface area contributed by atoms with Gasteiger partial charge in [-0.15, -0.1) is 11.3 Å². The second-order valence-corrected chi connectivity index (χ2v) is 6.68. The maximum Gasteiger partial charge on any atom is 0.315 e. The highest BCUT2D eigenvalue weighted by atomic mass is 32.1. The Hall–Kier alpha value is -1.14. The van der Waals surface area contributed by atoms with Gasteiger partial charge in [0.25, 0.3) is 0 Å². The lowest BCUT2D eigenvalue weighted by molar-refractivity contribution is 0.179. The Bertz CT molecular complexity index is 436. The van der Waals surface area contributed by atoms with Gasteiger partial charge in [0, 0.05) is 29.6 Å². The maximum atomic E-state index is 11.9. The molecule has 2 amide bonds. The minimum atomic E-state index is -0.151. The van der Waals surface area contributed by atoms with E-state index < -0.39 is 0 Å². The van der Waals surface area contributed by atoms with E-state index in [0.29, 0.717) is 6.54 Å². The van der Waals surface area contributed by atoms with Crippen LogP contribution in [-0.2, 0) is 6.54 Å². The van der Waals surface area contributed by atoms with Crippen LogP contribution in [0.2, 0.25) is 0 Å². The number of carbonyl (C=O) groups is 1. The predicted octanol–water partition coefficient (Wildman–Crippen LogP) is 2.19. The first kappa shape index (κ1) is 15.3. The number of amides is 2. The van der Waals surface area contributed by atoms with E-state index in [9.17, 15) is 9.90 Å². The van der Waals surface area contributed by atoms with E-state index in [0.717, 1.165) is 35.6 Å². The lowest BCUT2D eigenvalue weighted by atomic mass is 9.96. The van der Waals surface area contributed by atoms with Crippen molar-refractivity contribution in [3.8, 4) is 0 Å². The number of aromatic nitrogens is 1. The molecule has 2 atom stereocenters. The summed E-state index contributed by atoms with van der Waals surface area (Å²) in [6.07, 6.45) is 7.20. The van der Waals surface area contributed by atoms with Crippen LogP contribution in [0.1, 0.15) is 42.0 Å². The molecule has 5 nitrogen and oxygen atoms in total. The molecule has 6 heteroatoms. The zero-order valence-corrected chi connectivity index (χ0v) is 12.7. The quantitative estimate of drug-likeness (QED) is 0.746. The van der Waals surface area contributed by atoms with Gasteiger partial charge in [-0.25, -0.2) is 9.78 Å². The standard InChI is InChI=1S/C14H23N3O2S/c1-10-15-7-12(20-10)8-16-14(19)17-13-6-4-2-3-5-11(13)9-18/h7,11,13,18H,2-6,8-9H2,1H3,(H2,16,17,19). The van der Waals surface area contributed by atoms with Crippen molar-refractivity contribution >= 4 is 17.4 Å². The summed E-state index contributed by atoms with van der Waals surface area (Å²) in [5, 5.41) is 16.3. The molecule has 0 aliphatic heterocycles. The van der Waals surface area contributed by atoms with E-state index in [1.165, 1.54) is 6.42 Å². The van der Waals surface area contributed by atoms with Gasteiger partial charge in [0.2, 0.25) is 0 Å². The molecule has 1 aromatic rings. The van der Waals surface area contributed by atoms with Crippen LogP contribution in [0.5, 0.6) is 0 Å². The molecule has 1 aliphatic rings. The van der Waals surface area contributed by atoms with Crippen LogP contribution < -0.4 is 10.6 Å². The molecule has 0 bridgehead atoms. The summed E-state index contributed by atoms with van der Waals surface area (Å²) in [4.78, 5) is 17.2. The van der Waals surface area contributed by atoms with E-state index >= 15 is 0 Å². The summed E-state index contributed by atoms with van der Waals surface area (Å²) in [6.45, 7) is 2.61. The van der Waals surface area contributed by atoms with Crippen molar-refractivity contribution in [3.63, 3.8) is 0 Å². The second-order valence-electron chi connectivity index (χ2n) is 5.36. The third kappa shape index (κ3) is 4.45. The minimum Gasteiger partial charge on any atom is -0.396 e.